The van der Waals surface area contributed by atoms with Crippen molar-refractivity contribution in [3.8, 4) is 0 Å². The first-order valence-electron chi connectivity index (χ1n) is 7.59. The molecule has 126 valence electrons. The van der Waals surface area contributed by atoms with Gasteiger partial charge in [-0.2, -0.15) is 0 Å². The van der Waals surface area contributed by atoms with E-state index in [2.05, 4.69) is 6.58 Å². The summed E-state index contributed by atoms with van der Waals surface area (Å²) in [5.74, 6) is 0.0135. The van der Waals surface area contributed by atoms with Gasteiger partial charge in [-0.25, -0.2) is 0 Å². The Balaban J connectivity index is 2.51. The fourth-order valence-electron chi connectivity index (χ4n) is 2.36. The third kappa shape index (κ3) is 6.15. The Hall–Kier alpha value is -1.40. The predicted octanol–water partition coefficient (Wildman–Crippen LogP) is 1.06. The number of carbonyl (C=O) groups is 2. The molecule has 1 heterocycles. The smallest absolute Gasteiger partial charge is 0.248 e. The predicted molar refractivity (Wildman–Crippen MR) is 84.5 cm³/mol. The maximum absolute atomic E-state index is 12.2. The third-order valence-corrected chi connectivity index (χ3v) is 3.42. The van der Waals surface area contributed by atoms with Crippen LogP contribution in [0.25, 0.3) is 0 Å². The molecule has 6 heteroatoms. The summed E-state index contributed by atoms with van der Waals surface area (Å²) < 4.78 is 11.4. The van der Waals surface area contributed by atoms with Crippen LogP contribution in [0.5, 0.6) is 0 Å². The largest absolute Gasteiger partial charge is 0.369 e. The highest BCUT2D eigenvalue weighted by Gasteiger charge is 2.35. The molecule has 22 heavy (non-hydrogen) atoms. The summed E-state index contributed by atoms with van der Waals surface area (Å²) in [6.45, 7) is 8.94. The van der Waals surface area contributed by atoms with Crippen LogP contribution in [0, 0.1) is 0 Å². The van der Waals surface area contributed by atoms with Crippen LogP contribution in [-0.4, -0.2) is 73.7 Å². The van der Waals surface area contributed by atoms with Crippen molar-refractivity contribution in [2.45, 2.75) is 38.4 Å². The number of allylic oxidation sites excluding steroid dienone is 1. The van der Waals surface area contributed by atoms with Crippen LogP contribution in [0.2, 0.25) is 0 Å². The normalized spacial score (nSPS) is 20.5. The summed E-state index contributed by atoms with van der Waals surface area (Å²) in [5, 5.41) is 0. The molecule has 0 bridgehead atoms. The number of morpholine rings is 1. The average molecular weight is 312 g/mol. The van der Waals surface area contributed by atoms with Gasteiger partial charge >= 0.3 is 0 Å². The van der Waals surface area contributed by atoms with E-state index in [1.165, 1.54) is 4.90 Å². The van der Waals surface area contributed by atoms with Gasteiger partial charge in [-0.1, -0.05) is 6.08 Å². The molecule has 0 unspecified atom stereocenters. The Bertz CT molecular complexity index is 407. The molecule has 1 aliphatic rings. The van der Waals surface area contributed by atoms with Gasteiger partial charge in [0.15, 0.2) is 0 Å². The van der Waals surface area contributed by atoms with E-state index in [-0.39, 0.29) is 24.5 Å². The third-order valence-electron chi connectivity index (χ3n) is 3.42. The van der Waals surface area contributed by atoms with Gasteiger partial charge in [-0.05, 0) is 20.3 Å². The van der Waals surface area contributed by atoms with Gasteiger partial charge in [0.2, 0.25) is 11.8 Å². The van der Waals surface area contributed by atoms with Gasteiger partial charge in [-0.3, -0.25) is 9.59 Å². The fourth-order valence-corrected chi connectivity index (χ4v) is 2.36. The molecule has 1 rings (SSSR count). The van der Waals surface area contributed by atoms with E-state index in [0.717, 1.165) is 0 Å². The summed E-state index contributed by atoms with van der Waals surface area (Å²) in [7, 11) is 3.37. The minimum absolute atomic E-state index is 0.0255. The first-order chi connectivity index (χ1) is 10.2. The van der Waals surface area contributed by atoms with Crippen molar-refractivity contribution in [2.24, 2.45) is 0 Å². The summed E-state index contributed by atoms with van der Waals surface area (Å²) in [5.41, 5.74) is -0.415. The van der Waals surface area contributed by atoms with Crippen molar-refractivity contribution in [1.82, 2.24) is 9.80 Å². The number of hydrogen-bond acceptors (Lipinski definition) is 4. The van der Waals surface area contributed by atoms with Gasteiger partial charge in [0.1, 0.15) is 6.61 Å². The number of ether oxygens (including phenoxy) is 2. The molecule has 1 aliphatic heterocycles. The molecular formula is C16H28N2O4. The second kappa shape index (κ2) is 8.29. The quantitative estimate of drug-likeness (QED) is 0.660. The van der Waals surface area contributed by atoms with Gasteiger partial charge < -0.3 is 19.3 Å². The minimum Gasteiger partial charge on any atom is -0.369 e. The monoisotopic (exact) mass is 312 g/mol. The second-order valence-corrected chi connectivity index (χ2v) is 6.40. The maximum atomic E-state index is 12.2. The van der Waals surface area contributed by atoms with Crippen molar-refractivity contribution in [3.05, 3.63) is 12.7 Å². The summed E-state index contributed by atoms with van der Waals surface area (Å²) in [6, 6.07) is 0. The number of amides is 2. The van der Waals surface area contributed by atoms with Crippen LogP contribution < -0.4 is 0 Å². The minimum atomic E-state index is -0.415. The van der Waals surface area contributed by atoms with Crippen LogP contribution >= 0.6 is 0 Å². The van der Waals surface area contributed by atoms with Crippen molar-refractivity contribution < 1.29 is 19.1 Å². The van der Waals surface area contributed by atoms with Gasteiger partial charge in [0, 0.05) is 33.6 Å². The van der Waals surface area contributed by atoms with Gasteiger partial charge in [0.25, 0.3) is 0 Å². The molecule has 0 spiro atoms. The summed E-state index contributed by atoms with van der Waals surface area (Å²) in [4.78, 5) is 27.0. The molecule has 0 aromatic heterocycles. The number of carbonyl (C=O) groups excluding carboxylic acids is 2. The van der Waals surface area contributed by atoms with Crippen molar-refractivity contribution in [1.29, 1.82) is 0 Å². The molecule has 0 aromatic rings. The van der Waals surface area contributed by atoms with Crippen molar-refractivity contribution in [3.63, 3.8) is 0 Å². The van der Waals surface area contributed by atoms with Gasteiger partial charge in [-0.15, -0.1) is 6.58 Å². The Kier molecular flexibility index (Phi) is 7.03. The van der Waals surface area contributed by atoms with Crippen LogP contribution in [0.4, 0.5) is 0 Å². The molecule has 0 aliphatic carbocycles. The topological polar surface area (TPSA) is 59.1 Å². The number of likely N-dealkylation sites (N-methyl/N-ethyl adjacent to an activating group) is 1. The first kappa shape index (κ1) is 18.6. The van der Waals surface area contributed by atoms with E-state index in [9.17, 15) is 9.59 Å². The fraction of sp³-hybridized carbons (Fsp3) is 0.750. The van der Waals surface area contributed by atoms with E-state index in [1.54, 1.807) is 20.2 Å². The van der Waals surface area contributed by atoms with Crippen LogP contribution in [-0.2, 0) is 19.1 Å². The number of nitrogens with zero attached hydrogens (tertiary/aromatic N) is 2. The van der Waals surface area contributed by atoms with Crippen molar-refractivity contribution >= 4 is 11.8 Å². The zero-order chi connectivity index (χ0) is 16.8. The Morgan fingerprint density at radius 3 is 2.73 bits per heavy atom. The van der Waals surface area contributed by atoms with E-state index in [1.807, 2.05) is 18.7 Å². The van der Waals surface area contributed by atoms with Crippen LogP contribution in [0.15, 0.2) is 12.7 Å². The zero-order valence-electron chi connectivity index (χ0n) is 14.1. The zero-order valence-corrected chi connectivity index (χ0v) is 14.1. The summed E-state index contributed by atoms with van der Waals surface area (Å²) in [6.07, 6.45) is 2.67. The highest BCUT2D eigenvalue weighted by atomic mass is 16.6. The molecule has 1 saturated heterocycles. The molecule has 2 amide bonds. The number of hydrogen-bond donors (Lipinski definition) is 0. The molecular weight excluding hydrogens is 284 g/mol. The Morgan fingerprint density at radius 1 is 1.45 bits per heavy atom. The SMILES string of the molecule is C=CCCC(=O)N1C[C@@H](COCC(=O)N(C)C)OC(C)(C)C1. The highest BCUT2D eigenvalue weighted by Crippen LogP contribution is 2.22. The Labute approximate surface area is 133 Å². The molecule has 0 saturated carbocycles. The van der Waals surface area contributed by atoms with E-state index >= 15 is 0 Å². The molecule has 6 nitrogen and oxygen atoms in total. The lowest BCUT2D eigenvalue weighted by Gasteiger charge is -2.42. The lowest BCUT2D eigenvalue weighted by Crippen LogP contribution is -2.55. The van der Waals surface area contributed by atoms with Crippen LogP contribution in [0.3, 0.4) is 0 Å². The second-order valence-electron chi connectivity index (χ2n) is 6.40. The number of rotatable bonds is 7. The molecule has 0 aromatic carbocycles. The lowest BCUT2D eigenvalue weighted by molar-refractivity contribution is -0.172. The van der Waals surface area contributed by atoms with E-state index < -0.39 is 5.60 Å². The highest BCUT2D eigenvalue weighted by molar-refractivity contribution is 5.77. The standard InChI is InChI=1S/C16H28N2O4/c1-6-7-8-14(19)18-9-13(22-16(2,3)12-18)10-21-11-15(20)17(4)5/h6,13H,1,7-12H2,2-5H3/t13-/m0/s1. The molecule has 1 fully saturated rings. The molecule has 0 N–H and O–H groups in total. The lowest BCUT2D eigenvalue weighted by atomic mass is 10.0. The summed E-state index contributed by atoms with van der Waals surface area (Å²) >= 11 is 0. The van der Waals surface area contributed by atoms with E-state index in [4.69, 9.17) is 9.47 Å². The Morgan fingerprint density at radius 2 is 2.14 bits per heavy atom. The molecule has 1 atom stereocenters. The maximum Gasteiger partial charge on any atom is 0.248 e. The van der Waals surface area contributed by atoms with Crippen molar-refractivity contribution in [2.75, 3.05) is 40.4 Å². The average Bonchev–Trinajstić information content (AvgIpc) is 2.42. The van der Waals surface area contributed by atoms with Crippen LogP contribution in [0.1, 0.15) is 26.7 Å². The first-order valence-corrected chi connectivity index (χ1v) is 7.59. The molecule has 0 radical (unpaired) electrons. The van der Waals surface area contributed by atoms with Gasteiger partial charge in [0.05, 0.1) is 18.3 Å². The van der Waals surface area contributed by atoms with E-state index in [0.29, 0.717) is 32.5 Å².